The molecule has 11 heteroatoms. The molecule has 0 aliphatic heterocycles. The van der Waals surface area contributed by atoms with Gasteiger partial charge in [-0.2, -0.15) is 0 Å². The second-order valence-corrected chi connectivity index (χ2v) is 11.2. The summed E-state index contributed by atoms with van der Waals surface area (Å²) < 4.78 is 5.40. The molecule has 1 atom stereocenters. The van der Waals surface area contributed by atoms with Crippen LogP contribution in [0.3, 0.4) is 0 Å². The van der Waals surface area contributed by atoms with Crippen LogP contribution in [-0.2, 0) is 9.53 Å². The molecule has 0 saturated heterocycles. The lowest BCUT2D eigenvalue weighted by molar-refractivity contribution is -0.154. The summed E-state index contributed by atoms with van der Waals surface area (Å²) in [5.41, 5.74) is 0.262. The van der Waals surface area contributed by atoms with Crippen LogP contribution in [0, 0.1) is 6.92 Å². The molecule has 42 heavy (non-hydrogen) atoms. The molecule has 0 radical (unpaired) electrons. The van der Waals surface area contributed by atoms with Crippen LogP contribution in [0.4, 0.5) is 5.69 Å². The fraction of sp³-hybridized carbons (Fsp3) is 0.290. The number of halogens is 1. The lowest BCUT2D eigenvalue weighted by Gasteiger charge is -2.21. The second-order valence-electron chi connectivity index (χ2n) is 10.8. The molecule has 0 saturated carbocycles. The molecule has 0 aliphatic carbocycles. The standard InChI is InChI=1S/C31H32ClN5O5/c1-18-33-17-21-15-22(30(41)37-27(21)34-18)29(40)36-25-16-20(13-14-23(25)32)28(39)35-24(19-9-6-5-7-10-19)11-8-12-26(38)42-31(2,3)4/h5-7,9-10,13-17,24H,8,11-12H2,1-4H3,(H,35,39)(H,36,40)(H,33,34,37,41)/t24-/m1/s1. The molecule has 2 amide bonds. The maximum atomic E-state index is 13.3. The minimum atomic E-state index is -0.706. The van der Waals surface area contributed by atoms with Crippen LogP contribution < -0.4 is 16.2 Å². The van der Waals surface area contributed by atoms with Crippen molar-refractivity contribution in [3.8, 4) is 0 Å². The Hall–Kier alpha value is -4.57. The number of aryl methyl sites for hydroxylation is 1. The third-order valence-corrected chi connectivity index (χ3v) is 6.57. The number of nitrogens with zero attached hydrogens (tertiary/aromatic N) is 2. The van der Waals surface area contributed by atoms with Crippen LogP contribution in [0.15, 0.2) is 65.6 Å². The van der Waals surface area contributed by atoms with Gasteiger partial charge in [0.25, 0.3) is 17.4 Å². The Bertz CT molecular complexity index is 1680. The van der Waals surface area contributed by atoms with Gasteiger partial charge >= 0.3 is 5.97 Å². The number of pyridine rings is 1. The average molecular weight is 590 g/mol. The fourth-order valence-corrected chi connectivity index (χ4v) is 4.46. The number of carbonyl (C=O) groups is 3. The third-order valence-electron chi connectivity index (χ3n) is 6.24. The van der Waals surface area contributed by atoms with Gasteiger partial charge in [0.1, 0.15) is 22.6 Å². The summed E-state index contributed by atoms with van der Waals surface area (Å²) in [6.07, 6.45) is 2.73. The van der Waals surface area contributed by atoms with E-state index < -0.39 is 23.0 Å². The summed E-state index contributed by atoms with van der Waals surface area (Å²) in [5.74, 6) is -0.923. The van der Waals surface area contributed by atoms with Crippen LogP contribution in [0.2, 0.25) is 5.02 Å². The van der Waals surface area contributed by atoms with Gasteiger partial charge in [-0.3, -0.25) is 19.2 Å². The maximum absolute atomic E-state index is 13.3. The molecule has 0 spiro atoms. The number of benzene rings is 2. The summed E-state index contributed by atoms with van der Waals surface area (Å²) in [6.45, 7) is 7.14. The molecule has 10 nitrogen and oxygen atoms in total. The Labute approximate surface area is 247 Å². The van der Waals surface area contributed by atoms with Crippen LogP contribution in [0.1, 0.15) is 78.2 Å². The monoisotopic (exact) mass is 589 g/mol. The van der Waals surface area contributed by atoms with Gasteiger partial charge in [-0.15, -0.1) is 0 Å². The van der Waals surface area contributed by atoms with Gasteiger partial charge in [-0.1, -0.05) is 41.9 Å². The number of nitrogens with one attached hydrogen (secondary N) is 3. The van der Waals surface area contributed by atoms with Gasteiger partial charge in [0.05, 0.1) is 16.8 Å². The lowest BCUT2D eigenvalue weighted by Crippen LogP contribution is -2.29. The van der Waals surface area contributed by atoms with Gasteiger partial charge in [0.15, 0.2) is 0 Å². The predicted molar refractivity (Wildman–Crippen MR) is 161 cm³/mol. The molecule has 218 valence electrons. The van der Waals surface area contributed by atoms with E-state index in [1.54, 1.807) is 13.0 Å². The Morgan fingerprint density at radius 2 is 1.79 bits per heavy atom. The molecule has 2 heterocycles. The van der Waals surface area contributed by atoms with Crippen molar-refractivity contribution in [1.82, 2.24) is 20.3 Å². The fourth-order valence-electron chi connectivity index (χ4n) is 4.29. The maximum Gasteiger partial charge on any atom is 0.306 e. The highest BCUT2D eigenvalue weighted by molar-refractivity contribution is 6.34. The van der Waals surface area contributed by atoms with Crippen LogP contribution in [0.25, 0.3) is 11.0 Å². The topological polar surface area (TPSA) is 143 Å². The zero-order chi connectivity index (χ0) is 30.4. The first-order valence-electron chi connectivity index (χ1n) is 13.4. The summed E-state index contributed by atoms with van der Waals surface area (Å²) in [7, 11) is 0. The number of amides is 2. The van der Waals surface area contributed by atoms with Crippen LogP contribution in [0.5, 0.6) is 0 Å². The summed E-state index contributed by atoms with van der Waals surface area (Å²) in [5, 5.41) is 6.32. The number of rotatable bonds is 9. The summed E-state index contributed by atoms with van der Waals surface area (Å²) in [6, 6.07) is 14.9. The Morgan fingerprint density at radius 1 is 1.05 bits per heavy atom. The van der Waals surface area contributed by atoms with Crippen molar-refractivity contribution in [3.05, 3.63) is 98.7 Å². The lowest BCUT2D eigenvalue weighted by atomic mass is 10.00. The molecule has 0 unspecified atom stereocenters. The van der Waals surface area contributed by atoms with E-state index in [4.69, 9.17) is 16.3 Å². The minimum absolute atomic E-state index is 0.157. The van der Waals surface area contributed by atoms with Gasteiger partial charge in [-0.25, -0.2) is 9.97 Å². The summed E-state index contributed by atoms with van der Waals surface area (Å²) in [4.78, 5) is 62.0. The van der Waals surface area contributed by atoms with Crippen molar-refractivity contribution >= 4 is 46.1 Å². The van der Waals surface area contributed by atoms with E-state index in [0.29, 0.717) is 29.7 Å². The molecule has 4 aromatic rings. The van der Waals surface area contributed by atoms with Gasteiger partial charge in [0.2, 0.25) is 0 Å². The number of esters is 1. The van der Waals surface area contributed by atoms with Crippen molar-refractivity contribution in [2.75, 3.05) is 5.32 Å². The van der Waals surface area contributed by atoms with E-state index in [2.05, 4.69) is 25.6 Å². The molecule has 4 rings (SSSR count). The van der Waals surface area contributed by atoms with E-state index >= 15 is 0 Å². The number of H-pyrrole nitrogens is 1. The van der Waals surface area contributed by atoms with Crippen molar-refractivity contribution < 1.29 is 19.1 Å². The van der Waals surface area contributed by atoms with E-state index in [1.807, 2.05) is 51.1 Å². The second kappa shape index (κ2) is 12.9. The molecule has 2 aromatic heterocycles. The Kier molecular flexibility index (Phi) is 9.37. The smallest absolute Gasteiger partial charge is 0.306 e. The number of aromatic nitrogens is 3. The number of aromatic amines is 1. The zero-order valence-electron chi connectivity index (χ0n) is 23.8. The largest absolute Gasteiger partial charge is 0.460 e. The minimum Gasteiger partial charge on any atom is -0.460 e. The number of anilines is 1. The average Bonchev–Trinajstić information content (AvgIpc) is 2.92. The van der Waals surface area contributed by atoms with Crippen molar-refractivity contribution in [2.24, 2.45) is 0 Å². The Morgan fingerprint density at radius 3 is 2.50 bits per heavy atom. The van der Waals surface area contributed by atoms with Crippen molar-refractivity contribution in [1.29, 1.82) is 0 Å². The highest BCUT2D eigenvalue weighted by Gasteiger charge is 2.21. The third kappa shape index (κ3) is 8.01. The molecular formula is C31H32ClN5O5. The zero-order valence-corrected chi connectivity index (χ0v) is 24.5. The normalized spacial score (nSPS) is 12.0. The van der Waals surface area contributed by atoms with E-state index in [-0.39, 0.29) is 40.3 Å². The van der Waals surface area contributed by atoms with Gasteiger partial charge in [0, 0.05) is 23.6 Å². The van der Waals surface area contributed by atoms with E-state index in [9.17, 15) is 19.2 Å². The first-order valence-corrected chi connectivity index (χ1v) is 13.8. The number of fused-ring (bicyclic) bond motifs is 1. The number of hydrogen-bond donors (Lipinski definition) is 3. The molecule has 0 bridgehead atoms. The predicted octanol–water partition coefficient (Wildman–Crippen LogP) is 5.52. The number of ether oxygens (including phenoxy) is 1. The quantitative estimate of drug-likeness (QED) is 0.218. The van der Waals surface area contributed by atoms with E-state index in [0.717, 1.165) is 5.56 Å². The van der Waals surface area contributed by atoms with Crippen molar-refractivity contribution in [2.45, 2.75) is 58.6 Å². The van der Waals surface area contributed by atoms with Crippen LogP contribution in [-0.4, -0.2) is 38.3 Å². The van der Waals surface area contributed by atoms with E-state index in [1.165, 1.54) is 24.4 Å². The van der Waals surface area contributed by atoms with Gasteiger partial charge < -0.3 is 20.4 Å². The Balaban J connectivity index is 1.49. The van der Waals surface area contributed by atoms with Crippen molar-refractivity contribution in [3.63, 3.8) is 0 Å². The molecule has 0 aliphatic rings. The molecule has 3 N–H and O–H groups in total. The number of hydrogen-bond acceptors (Lipinski definition) is 7. The van der Waals surface area contributed by atoms with Crippen LogP contribution >= 0.6 is 11.6 Å². The number of carbonyl (C=O) groups excluding carboxylic acids is 3. The molecule has 2 aromatic carbocycles. The van der Waals surface area contributed by atoms with Gasteiger partial charge in [-0.05, 0) is 70.4 Å². The molecular weight excluding hydrogens is 558 g/mol. The molecule has 0 fully saturated rings. The highest BCUT2D eigenvalue weighted by Crippen LogP contribution is 2.26. The SMILES string of the molecule is Cc1ncc2cc(C(=O)Nc3cc(C(=O)N[C@H](CCCC(=O)OC(C)(C)C)c4ccccc4)ccc3Cl)c(=O)[nH]c2n1. The first kappa shape index (κ1) is 30.4. The highest BCUT2D eigenvalue weighted by atomic mass is 35.5. The first-order chi connectivity index (χ1) is 19.9. The summed E-state index contributed by atoms with van der Waals surface area (Å²) >= 11 is 6.33.